The summed E-state index contributed by atoms with van der Waals surface area (Å²) < 4.78 is 0. The molecule has 2 aliphatic rings. The van der Waals surface area contributed by atoms with Crippen molar-refractivity contribution in [3.63, 3.8) is 0 Å². The second-order valence-electron chi connectivity index (χ2n) is 7.87. The van der Waals surface area contributed by atoms with Crippen LogP contribution in [0.1, 0.15) is 22.5 Å². The van der Waals surface area contributed by atoms with Crippen molar-refractivity contribution in [1.82, 2.24) is 15.2 Å². The lowest BCUT2D eigenvalue weighted by molar-refractivity contribution is 0.0920. The van der Waals surface area contributed by atoms with Crippen molar-refractivity contribution in [3.05, 3.63) is 72.4 Å². The Morgan fingerprint density at radius 3 is 2.88 bits per heavy atom. The van der Waals surface area contributed by atoms with Gasteiger partial charge in [0.2, 0.25) is 0 Å². The number of carbonyl (C=O) groups is 2. The number of aromatic nitrogens is 1. The van der Waals surface area contributed by atoms with Crippen LogP contribution in [-0.4, -0.2) is 41.0 Å². The fraction of sp³-hybridized carbons (Fsp3) is 0.208. The van der Waals surface area contributed by atoms with E-state index >= 15 is 0 Å². The highest BCUT2D eigenvalue weighted by Gasteiger charge is 2.33. The first kappa shape index (κ1) is 20.3. The Morgan fingerprint density at radius 1 is 1.28 bits per heavy atom. The molecule has 0 saturated carbocycles. The zero-order valence-corrected chi connectivity index (χ0v) is 18.3. The first-order chi connectivity index (χ1) is 15.6. The van der Waals surface area contributed by atoms with Crippen molar-refractivity contribution in [2.75, 3.05) is 23.3 Å². The van der Waals surface area contributed by atoms with E-state index in [-0.39, 0.29) is 18.0 Å². The minimum absolute atomic E-state index is 0.00194. The van der Waals surface area contributed by atoms with Crippen molar-refractivity contribution in [1.29, 1.82) is 0 Å². The molecule has 162 valence electrons. The molecule has 1 aromatic carbocycles. The normalized spacial score (nSPS) is 17.8. The van der Waals surface area contributed by atoms with E-state index < -0.39 is 0 Å². The van der Waals surface area contributed by atoms with Crippen LogP contribution < -0.4 is 15.5 Å². The van der Waals surface area contributed by atoms with Gasteiger partial charge in [-0.2, -0.15) is 0 Å². The number of amides is 3. The van der Waals surface area contributed by atoms with Crippen LogP contribution in [0.2, 0.25) is 0 Å². The van der Waals surface area contributed by atoms with E-state index in [1.165, 1.54) is 11.3 Å². The Labute approximate surface area is 190 Å². The van der Waals surface area contributed by atoms with Gasteiger partial charge in [-0.15, -0.1) is 11.3 Å². The number of rotatable bonds is 5. The van der Waals surface area contributed by atoms with E-state index in [0.717, 1.165) is 41.8 Å². The Kier molecular flexibility index (Phi) is 5.14. The Balaban J connectivity index is 1.47. The van der Waals surface area contributed by atoms with Crippen molar-refractivity contribution in [2.24, 2.45) is 0 Å². The maximum absolute atomic E-state index is 13.2. The minimum Gasteiger partial charge on any atom is -0.370 e. The Bertz CT molecular complexity index is 1240. The molecule has 5 rings (SSSR count). The van der Waals surface area contributed by atoms with Gasteiger partial charge in [-0.1, -0.05) is 31.4 Å². The third kappa shape index (κ3) is 3.42. The topological polar surface area (TPSA) is 77.6 Å². The summed E-state index contributed by atoms with van der Waals surface area (Å²) in [5.74, 6) is -0.196. The van der Waals surface area contributed by atoms with Crippen LogP contribution in [0.15, 0.2) is 67.5 Å². The SMILES string of the molecule is C=CC(=C)N1CCCC(NC(=O)c2sc3nccc4c3c2NC(=O)N4c2ccccc2)C1. The summed E-state index contributed by atoms with van der Waals surface area (Å²) in [5.41, 5.74) is 2.88. The smallest absolute Gasteiger partial charge is 0.331 e. The largest absolute Gasteiger partial charge is 0.370 e. The van der Waals surface area contributed by atoms with E-state index in [1.54, 1.807) is 17.2 Å². The van der Waals surface area contributed by atoms with Crippen LogP contribution in [0.4, 0.5) is 21.9 Å². The molecule has 3 amide bonds. The molecule has 0 radical (unpaired) electrons. The van der Waals surface area contributed by atoms with Crippen LogP contribution in [0.5, 0.6) is 0 Å². The molecule has 8 heteroatoms. The number of nitrogens with zero attached hydrogens (tertiary/aromatic N) is 3. The lowest BCUT2D eigenvalue weighted by Gasteiger charge is -2.35. The standard InChI is InChI=1S/C24H23N5O2S/c1-3-15(2)28-13-7-8-16(14-28)26-22(30)21-20-19-18(11-12-25-23(19)32-21)29(24(31)27-20)17-9-5-4-6-10-17/h3-6,9-12,16H,1-2,7-8,13-14H2,(H,26,30)(H,27,31). The summed E-state index contributed by atoms with van der Waals surface area (Å²) in [7, 11) is 0. The molecule has 1 atom stereocenters. The number of para-hydroxylation sites is 1. The van der Waals surface area contributed by atoms with Gasteiger partial charge in [0.25, 0.3) is 5.91 Å². The van der Waals surface area contributed by atoms with Gasteiger partial charge in [0, 0.05) is 31.0 Å². The number of anilines is 3. The number of carbonyl (C=O) groups excluding carboxylic acids is 2. The minimum atomic E-state index is -0.297. The van der Waals surface area contributed by atoms with Gasteiger partial charge in [0.15, 0.2) is 0 Å². The number of likely N-dealkylation sites (tertiary alicyclic amines) is 1. The molecule has 7 nitrogen and oxygen atoms in total. The van der Waals surface area contributed by atoms with Crippen LogP contribution >= 0.6 is 11.3 Å². The molecular weight excluding hydrogens is 422 g/mol. The molecular formula is C24H23N5O2S. The van der Waals surface area contributed by atoms with E-state index in [9.17, 15) is 9.59 Å². The average molecular weight is 446 g/mol. The first-order valence-corrected chi connectivity index (χ1v) is 11.3. The average Bonchev–Trinajstić information content (AvgIpc) is 3.19. The number of piperidine rings is 1. The summed E-state index contributed by atoms with van der Waals surface area (Å²) in [6.07, 6.45) is 5.27. The Hall–Kier alpha value is -3.65. The third-order valence-corrected chi connectivity index (χ3v) is 6.96. The quantitative estimate of drug-likeness (QED) is 0.549. The summed E-state index contributed by atoms with van der Waals surface area (Å²) >= 11 is 1.30. The fourth-order valence-electron chi connectivity index (χ4n) is 4.31. The van der Waals surface area contributed by atoms with Gasteiger partial charge in [-0.25, -0.2) is 9.78 Å². The van der Waals surface area contributed by atoms with Crippen molar-refractivity contribution < 1.29 is 9.59 Å². The molecule has 1 unspecified atom stereocenters. The van der Waals surface area contributed by atoms with Crippen LogP contribution in [-0.2, 0) is 0 Å². The number of benzene rings is 1. The number of nitrogens with one attached hydrogen (secondary N) is 2. The predicted molar refractivity (Wildman–Crippen MR) is 129 cm³/mol. The summed E-state index contributed by atoms with van der Waals surface area (Å²) in [6.45, 7) is 9.40. The van der Waals surface area contributed by atoms with Crippen molar-refractivity contribution in [3.8, 4) is 0 Å². The number of pyridine rings is 1. The van der Waals surface area contributed by atoms with E-state index in [4.69, 9.17) is 0 Å². The van der Waals surface area contributed by atoms with Crippen molar-refractivity contribution >= 4 is 50.6 Å². The maximum Gasteiger partial charge on any atom is 0.331 e. The monoisotopic (exact) mass is 445 g/mol. The van der Waals surface area contributed by atoms with E-state index in [2.05, 4.69) is 33.7 Å². The molecule has 0 spiro atoms. The second kappa shape index (κ2) is 8.12. The van der Waals surface area contributed by atoms with Gasteiger partial charge in [0.1, 0.15) is 9.71 Å². The van der Waals surface area contributed by atoms with Crippen LogP contribution in [0.25, 0.3) is 10.2 Å². The van der Waals surface area contributed by atoms with Gasteiger partial charge in [-0.05, 0) is 37.1 Å². The van der Waals surface area contributed by atoms with E-state index in [1.807, 2.05) is 36.4 Å². The highest BCUT2D eigenvalue weighted by molar-refractivity contribution is 7.21. The fourth-order valence-corrected chi connectivity index (χ4v) is 5.34. The van der Waals surface area contributed by atoms with Gasteiger partial charge < -0.3 is 15.5 Å². The van der Waals surface area contributed by atoms with E-state index in [0.29, 0.717) is 21.9 Å². The number of hydrogen-bond donors (Lipinski definition) is 2. The zero-order valence-electron chi connectivity index (χ0n) is 17.5. The highest BCUT2D eigenvalue weighted by atomic mass is 32.1. The molecule has 2 aliphatic heterocycles. The van der Waals surface area contributed by atoms with Gasteiger partial charge in [0.05, 0.1) is 22.4 Å². The molecule has 3 aromatic rings. The molecule has 32 heavy (non-hydrogen) atoms. The summed E-state index contributed by atoms with van der Waals surface area (Å²) in [5, 5.41) is 6.87. The maximum atomic E-state index is 13.2. The molecule has 4 heterocycles. The summed E-state index contributed by atoms with van der Waals surface area (Å²) in [4.78, 5) is 35.7. The predicted octanol–water partition coefficient (Wildman–Crippen LogP) is 4.87. The molecule has 0 aliphatic carbocycles. The molecule has 2 N–H and O–H groups in total. The highest BCUT2D eigenvalue weighted by Crippen LogP contribution is 2.45. The van der Waals surface area contributed by atoms with Gasteiger partial charge >= 0.3 is 6.03 Å². The lowest BCUT2D eigenvalue weighted by atomic mass is 10.0. The number of hydrogen-bond acceptors (Lipinski definition) is 5. The first-order valence-electron chi connectivity index (χ1n) is 10.5. The second-order valence-corrected chi connectivity index (χ2v) is 8.87. The van der Waals surface area contributed by atoms with Crippen LogP contribution in [0.3, 0.4) is 0 Å². The van der Waals surface area contributed by atoms with Gasteiger partial charge in [-0.3, -0.25) is 9.69 Å². The number of urea groups is 1. The third-order valence-electron chi connectivity index (χ3n) is 5.86. The molecule has 2 aromatic heterocycles. The lowest BCUT2D eigenvalue weighted by Crippen LogP contribution is -2.47. The number of thiophene rings is 1. The number of allylic oxidation sites excluding steroid dienone is 1. The Morgan fingerprint density at radius 2 is 2.09 bits per heavy atom. The summed E-state index contributed by atoms with van der Waals surface area (Å²) in [6, 6.07) is 10.9. The van der Waals surface area contributed by atoms with Crippen molar-refractivity contribution in [2.45, 2.75) is 18.9 Å². The molecule has 1 saturated heterocycles. The zero-order chi connectivity index (χ0) is 22.2. The molecule has 0 bridgehead atoms. The molecule has 1 fully saturated rings. The van der Waals surface area contributed by atoms with Crippen LogP contribution in [0, 0.1) is 0 Å².